The van der Waals surface area contributed by atoms with Crippen molar-refractivity contribution in [1.82, 2.24) is 24.8 Å². The van der Waals surface area contributed by atoms with Crippen LogP contribution in [0.3, 0.4) is 0 Å². The molecule has 2 N–H and O–H groups in total. The van der Waals surface area contributed by atoms with Crippen LogP contribution in [0, 0.1) is 0 Å². The number of carbonyl (C=O) groups is 1. The summed E-state index contributed by atoms with van der Waals surface area (Å²) in [5.41, 5.74) is 7.32. The molecule has 0 unspecified atom stereocenters. The predicted octanol–water partition coefficient (Wildman–Crippen LogP) is 0.478. The van der Waals surface area contributed by atoms with Gasteiger partial charge in [0.25, 0.3) is 5.91 Å². The highest BCUT2D eigenvalue weighted by Crippen LogP contribution is 2.17. The molecule has 0 radical (unpaired) electrons. The molecule has 0 saturated carbocycles. The van der Waals surface area contributed by atoms with E-state index in [1.807, 2.05) is 26.4 Å². The Bertz CT molecular complexity index is 724. The van der Waals surface area contributed by atoms with Crippen molar-refractivity contribution in [3.63, 3.8) is 0 Å². The number of amides is 1. The van der Waals surface area contributed by atoms with Crippen LogP contribution in [0.15, 0.2) is 30.9 Å². The number of nitrogens with zero attached hydrogens (tertiary/aromatic N) is 6. The van der Waals surface area contributed by atoms with Crippen LogP contribution >= 0.6 is 0 Å². The van der Waals surface area contributed by atoms with E-state index >= 15 is 0 Å². The SMILES string of the molecule is CN(C)Cc1ccc(N2CCN(C(=O)c3cncnc3N)CC2)nc1. The molecule has 0 bridgehead atoms. The molecular weight excluding hydrogens is 318 g/mol. The molecule has 8 heteroatoms. The topological polar surface area (TPSA) is 91.5 Å². The summed E-state index contributed by atoms with van der Waals surface area (Å²) >= 11 is 0. The molecular formula is C17H23N7O. The molecule has 1 amide bonds. The van der Waals surface area contributed by atoms with Crippen molar-refractivity contribution in [1.29, 1.82) is 0 Å². The molecule has 2 aromatic heterocycles. The lowest BCUT2D eigenvalue weighted by molar-refractivity contribution is 0.0747. The van der Waals surface area contributed by atoms with E-state index < -0.39 is 0 Å². The minimum absolute atomic E-state index is 0.118. The van der Waals surface area contributed by atoms with Gasteiger partial charge >= 0.3 is 0 Å². The second-order valence-electron chi connectivity index (χ2n) is 6.36. The molecule has 3 rings (SSSR count). The average Bonchev–Trinajstić information content (AvgIpc) is 2.62. The minimum Gasteiger partial charge on any atom is -0.383 e. The van der Waals surface area contributed by atoms with Crippen LogP contribution in [0.4, 0.5) is 11.6 Å². The van der Waals surface area contributed by atoms with E-state index in [-0.39, 0.29) is 11.7 Å². The van der Waals surface area contributed by atoms with Gasteiger partial charge in [0.1, 0.15) is 18.0 Å². The van der Waals surface area contributed by atoms with E-state index in [4.69, 9.17) is 5.73 Å². The second kappa shape index (κ2) is 7.43. The molecule has 1 aliphatic rings. The first kappa shape index (κ1) is 17.1. The van der Waals surface area contributed by atoms with Gasteiger partial charge in [0, 0.05) is 45.1 Å². The Labute approximate surface area is 147 Å². The Kier molecular flexibility index (Phi) is 5.08. The lowest BCUT2D eigenvalue weighted by atomic mass is 10.2. The standard InChI is InChI=1S/C17H23N7O/c1-22(2)11-13-3-4-15(20-9-13)23-5-7-24(8-6-23)17(25)14-10-19-12-21-16(14)18/h3-4,9-10,12H,5-8,11H2,1-2H3,(H2,18,19,21). The van der Waals surface area contributed by atoms with Crippen molar-refractivity contribution < 1.29 is 4.79 Å². The van der Waals surface area contributed by atoms with Crippen LogP contribution in [0.1, 0.15) is 15.9 Å². The number of rotatable bonds is 4. The number of hydrogen-bond donors (Lipinski definition) is 1. The highest BCUT2D eigenvalue weighted by molar-refractivity contribution is 5.98. The Hall–Kier alpha value is -2.74. The van der Waals surface area contributed by atoms with Crippen molar-refractivity contribution >= 4 is 17.5 Å². The number of pyridine rings is 1. The van der Waals surface area contributed by atoms with Gasteiger partial charge in [-0.25, -0.2) is 15.0 Å². The molecule has 25 heavy (non-hydrogen) atoms. The fourth-order valence-corrected chi connectivity index (χ4v) is 2.88. The van der Waals surface area contributed by atoms with E-state index in [9.17, 15) is 4.79 Å². The average molecular weight is 341 g/mol. The summed E-state index contributed by atoms with van der Waals surface area (Å²) in [5, 5.41) is 0. The summed E-state index contributed by atoms with van der Waals surface area (Å²) in [4.78, 5) is 30.9. The summed E-state index contributed by atoms with van der Waals surface area (Å²) in [5.74, 6) is 1.05. The maximum absolute atomic E-state index is 12.5. The van der Waals surface area contributed by atoms with Crippen LogP contribution in [0.5, 0.6) is 0 Å². The predicted molar refractivity (Wildman–Crippen MR) is 96.2 cm³/mol. The fraction of sp³-hybridized carbons (Fsp3) is 0.412. The van der Waals surface area contributed by atoms with Gasteiger partial charge in [-0.2, -0.15) is 0 Å². The van der Waals surface area contributed by atoms with Gasteiger partial charge in [0.2, 0.25) is 0 Å². The third kappa shape index (κ3) is 4.03. The van der Waals surface area contributed by atoms with E-state index in [0.29, 0.717) is 18.7 Å². The summed E-state index contributed by atoms with van der Waals surface area (Å²) in [6, 6.07) is 4.14. The van der Waals surface area contributed by atoms with Crippen LogP contribution in [0.25, 0.3) is 0 Å². The third-order valence-corrected chi connectivity index (χ3v) is 4.17. The van der Waals surface area contributed by atoms with Crippen molar-refractivity contribution in [2.75, 3.05) is 50.9 Å². The number of nitrogens with two attached hydrogens (primary N) is 1. The van der Waals surface area contributed by atoms with Gasteiger partial charge in [-0.1, -0.05) is 6.07 Å². The molecule has 1 fully saturated rings. The highest BCUT2D eigenvalue weighted by atomic mass is 16.2. The summed E-state index contributed by atoms with van der Waals surface area (Å²) in [6.45, 7) is 3.58. The van der Waals surface area contributed by atoms with Gasteiger partial charge in [-0.3, -0.25) is 4.79 Å². The summed E-state index contributed by atoms with van der Waals surface area (Å²) < 4.78 is 0. The van der Waals surface area contributed by atoms with Gasteiger partial charge in [0.15, 0.2) is 0 Å². The highest BCUT2D eigenvalue weighted by Gasteiger charge is 2.24. The van der Waals surface area contributed by atoms with E-state index in [1.54, 1.807) is 4.90 Å². The fourth-order valence-electron chi connectivity index (χ4n) is 2.88. The first-order valence-electron chi connectivity index (χ1n) is 8.24. The molecule has 0 atom stereocenters. The molecule has 0 aromatic carbocycles. The zero-order chi connectivity index (χ0) is 17.8. The second-order valence-corrected chi connectivity index (χ2v) is 6.36. The minimum atomic E-state index is -0.118. The van der Waals surface area contributed by atoms with Gasteiger partial charge in [0.05, 0.1) is 5.56 Å². The molecule has 1 aliphatic heterocycles. The quantitative estimate of drug-likeness (QED) is 0.864. The number of aromatic nitrogens is 3. The van der Waals surface area contributed by atoms with Crippen molar-refractivity contribution in [3.05, 3.63) is 42.0 Å². The molecule has 8 nitrogen and oxygen atoms in total. The van der Waals surface area contributed by atoms with E-state index in [1.165, 1.54) is 18.1 Å². The molecule has 0 aliphatic carbocycles. The van der Waals surface area contributed by atoms with Gasteiger partial charge in [-0.15, -0.1) is 0 Å². The number of nitrogen functional groups attached to an aromatic ring is 1. The molecule has 2 aromatic rings. The van der Waals surface area contributed by atoms with Crippen LogP contribution < -0.4 is 10.6 Å². The van der Waals surface area contributed by atoms with Crippen molar-refractivity contribution in [2.45, 2.75) is 6.54 Å². The zero-order valence-electron chi connectivity index (χ0n) is 14.6. The molecule has 132 valence electrons. The number of hydrogen-bond acceptors (Lipinski definition) is 7. The van der Waals surface area contributed by atoms with Gasteiger partial charge in [-0.05, 0) is 25.7 Å². The Morgan fingerprint density at radius 1 is 1.16 bits per heavy atom. The van der Waals surface area contributed by atoms with Crippen molar-refractivity contribution in [2.24, 2.45) is 0 Å². The number of carbonyl (C=O) groups excluding carboxylic acids is 1. The molecule has 3 heterocycles. The Morgan fingerprint density at radius 2 is 1.92 bits per heavy atom. The van der Waals surface area contributed by atoms with Gasteiger partial charge < -0.3 is 20.4 Å². The Morgan fingerprint density at radius 3 is 2.52 bits per heavy atom. The lowest BCUT2D eigenvalue weighted by Crippen LogP contribution is -2.49. The lowest BCUT2D eigenvalue weighted by Gasteiger charge is -2.35. The normalized spacial score (nSPS) is 14.8. The molecule has 0 spiro atoms. The maximum Gasteiger partial charge on any atom is 0.259 e. The van der Waals surface area contributed by atoms with Crippen LogP contribution in [-0.2, 0) is 6.54 Å². The monoisotopic (exact) mass is 341 g/mol. The van der Waals surface area contributed by atoms with Crippen LogP contribution in [0.2, 0.25) is 0 Å². The summed E-state index contributed by atoms with van der Waals surface area (Å²) in [6.07, 6.45) is 4.73. The summed E-state index contributed by atoms with van der Waals surface area (Å²) in [7, 11) is 4.07. The van der Waals surface area contributed by atoms with Crippen LogP contribution in [-0.4, -0.2) is 70.9 Å². The third-order valence-electron chi connectivity index (χ3n) is 4.17. The molecule has 1 saturated heterocycles. The number of anilines is 2. The Balaban J connectivity index is 1.60. The maximum atomic E-state index is 12.5. The largest absolute Gasteiger partial charge is 0.383 e. The van der Waals surface area contributed by atoms with E-state index in [2.05, 4.69) is 30.8 Å². The first-order chi connectivity index (χ1) is 12.0. The van der Waals surface area contributed by atoms with E-state index in [0.717, 1.165) is 25.5 Å². The first-order valence-corrected chi connectivity index (χ1v) is 8.24. The zero-order valence-corrected chi connectivity index (χ0v) is 14.6. The number of piperazine rings is 1. The van der Waals surface area contributed by atoms with Crippen molar-refractivity contribution in [3.8, 4) is 0 Å². The smallest absolute Gasteiger partial charge is 0.259 e.